The van der Waals surface area contributed by atoms with Crippen molar-refractivity contribution in [1.29, 1.82) is 0 Å². The number of hydrogen-bond acceptors (Lipinski definition) is 5. The van der Waals surface area contributed by atoms with Crippen LogP contribution in [0.5, 0.6) is 17.2 Å². The highest BCUT2D eigenvalue weighted by Gasteiger charge is 2.33. The first-order valence-corrected chi connectivity index (χ1v) is 10.00. The van der Waals surface area contributed by atoms with E-state index in [4.69, 9.17) is 9.47 Å². The van der Waals surface area contributed by atoms with E-state index in [-0.39, 0.29) is 23.9 Å². The molecule has 0 aromatic heterocycles. The minimum Gasteiger partial charge on any atom is -0.490 e. The fourth-order valence-electron chi connectivity index (χ4n) is 2.95. The van der Waals surface area contributed by atoms with Gasteiger partial charge in [-0.05, 0) is 79.9 Å². The summed E-state index contributed by atoms with van der Waals surface area (Å²) in [6, 6.07) is 12.7. The van der Waals surface area contributed by atoms with E-state index in [1.807, 2.05) is 32.0 Å². The Morgan fingerprint density at radius 3 is 2.33 bits per heavy atom. The first kappa shape index (κ1) is 23.8. The quantitative estimate of drug-likeness (QED) is 0.214. The van der Waals surface area contributed by atoms with Crippen molar-refractivity contribution in [3.8, 4) is 17.2 Å². The van der Waals surface area contributed by atoms with Gasteiger partial charge in [-0.2, -0.15) is 13.2 Å². The van der Waals surface area contributed by atoms with Crippen molar-refractivity contribution in [3.05, 3.63) is 87.0 Å². The number of aryl methyl sites for hydroxylation is 2. The molecule has 6 nitrogen and oxygen atoms in total. The lowest BCUT2D eigenvalue weighted by molar-refractivity contribution is -0.385. The molecule has 0 aliphatic rings. The maximum Gasteiger partial charge on any atom is 0.416 e. The number of ether oxygens (including phenoxy) is 2. The van der Waals surface area contributed by atoms with Gasteiger partial charge in [0.05, 0.1) is 22.8 Å². The molecule has 0 fully saturated rings. The number of aliphatic imine (C=N–C) groups is 1. The molecule has 0 heterocycles. The van der Waals surface area contributed by atoms with E-state index in [2.05, 4.69) is 4.99 Å². The van der Waals surface area contributed by atoms with Gasteiger partial charge < -0.3 is 9.47 Å². The molecule has 0 atom stereocenters. The normalized spacial score (nSPS) is 11.6. The molecule has 0 saturated heterocycles. The zero-order chi connectivity index (χ0) is 24.2. The third-order valence-electron chi connectivity index (χ3n) is 4.82. The first-order valence-electron chi connectivity index (χ1n) is 10.00. The number of benzene rings is 3. The van der Waals surface area contributed by atoms with Crippen LogP contribution in [-0.4, -0.2) is 17.7 Å². The van der Waals surface area contributed by atoms with Gasteiger partial charge in [-0.25, -0.2) is 0 Å². The summed E-state index contributed by atoms with van der Waals surface area (Å²) in [5, 5.41) is 11.3. The Hall–Kier alpha value is -3.88. The van der Waals surface area contributed by atoms with Crippen molar-refractivity contribution in [2.75, 3.05) is 6.61 Å². The summed E-state index contributed by atoms with van der Waals surface area (Å²) in [6.07, 6.45) is -3.08. The average molecular weight is 458 g/mol. The van der Waals surface area contributed by atoms with E-state index in [0.717, 1.165) is 28.9 Å². The smallest absolute Gasteiger partial charge is 0.416 e. The number of nitro groups is 1. The number of alkyl halides is 3. The monoisotopic (exact) mass is 458 g/mol. The minimum absolute atomic E-state index is 0.128. The Morgan fingerprint density at radius 1 is 0.970 bits per heavy atom. The Morgan fingerprint density at radius 2 is 1.70 bits per heavy atom. The molecule has 0 amide bonds. The molecule has 3 rings (SSSR count). The second-order valence-electron chi connectivity index (χ2n) is 7.21. The van der Waals surface area contributed by atoms with E-state index in [9.17, 15) is 23.3 Å². The van der Waals surface area contributed by atoms with Crippen LogP contribution in [0.4, 0.5) is 24.5 Å². The Labute approximate surface area is 188 Å². The van der Waals surface area contributed by atoms with Gasteiger partial charge in [0.1, 0.15) is 0 Å². The van der Waals surface area contributed by atoms with Crippen LogP contribution in [0.2, 0.25) is 0 Å². The second-order valence-corrected chi connectivity index (χ2v) is 7.21. The summed E-state index contributed by atoms with van der Waals surface area (Å²) < 4.78 is 50.0. The van der Waals surface area contributed by atoms with Crippen LogP contribution in [0.3, 0.4) is 0 Å². The van der Waals surface area contributed by atoms with Gasteiger partial charge in [0.25, 0.3) is 0 Å². The van der Waals surface area contributed by atoms with Crippen LogP contribution in [0.25, 0.3) is 0 Å². The minimum atomic E-state index is -4.71. The van der Waals surface area contributed by atoms with Crippen molar-refractivity contribution in [2.45, 2.75) is 26.9 Å². The molecular weight excluding hydrogens is 437 g/mol. The van der Waals surface area contributed by atoms with E-state index < -0.39 is 22.4 Å². The predicted molar refractivity (Wildman–Crippen MR) is 119 cm³/mol. The molecule has 0 radical (unpaired) electrons. The Bertz CT molecular complexity index is 1210. The summed E-state index contributed by atoms with van der Waals surface area (Å²) in [5.41, 5.74) is 1.80. The van der Waals surface area contributed by atoms with Crippen LogP contribution in [0, 0.1) is 24.0 Å². The van der Waals surface area contributed by atoms with Crippen molar-refractivity contribution in [2.24, 2.45) is 4.99 Å². The maximum atomic E-state index is 12.9. The summed E-state index contributed by atoms with van der Waals surface area (Å²) in [7, 11) is 0. The number of nitro benzene ring substituents is 1. The zero-order valence-electron chi connectivity index (χ0n) is 18.1. The van der Waals surface area contributed by atoms with Crippen LogP contribution >= 0.6 is 0 Å². The SMILES string of the molecule is CCOc1cc(C=Nc2ccc(C)c(C)c2)ccc1Oc1ccc(C(F)(F)F)cc1[N+](=O)[O-]. The standard InChI is InChI=1S/C24H21F3N2O4/c1-4-32-23-12-17(14-28-19-8-5-15(2)16(3)11-19)6-9-22(23)33-21-10-7-18(24(25,26)27)13-20(21)29(30)31/h5-14H,4H2,1-3H3. The first-order chi connectivity index (χ1) is 15.6. The van der Waals surface area contributed by atoms with E-state index in [1.54, 1.807) is 25.3 Å². The molecule has 9 heteroatoms. The molecule has 3 aromatic rings. The number of nitrogens with zero attached hydrogens (tertiary/aromatic N) is 2. The fraction of sp³-hybridized carbons (Fsp3) is 0.208. The maximum absolute atomic E-state index is 12.9. The Balaban J connectivity index is 1.92. The van der Waals surface area contributed by atoms with Gasteiger partial charge in [0.15, 0.2) is 11.5 Å². The molecule has 0 aliphatic heterocycles. The second kappa shape index (κ2) is 9.72. The highest BCUT2D eigenvalue weighted by atomic mass is 19.4. The van der Waals surface area contributed by atoms with Crippen LogP contribution < -0.4 is 9.47 Å². The number of rotatable bonds is 7. The lowest BCUT2D eigenvalue weighted by atomic mass is 10.1. The van der Waals surface area contributed by atoms with Gasteiger partial charge in [-0.1, -0.05) is 6.07 Å². The topological polar surface area (TPSA) is 74.0 Å². The molecule has 33 heavy (non-hydrogen) atoms. The fourth-order valence-corrected chi connectivity index (χ4v) is 2.95. The van der Waals surface area contributed by atoms with Gasteiger partial charge in [-0.15, -0.1) is 0 Å². The lowest BCUT2D eigenvalue weighted by Crippen LogP contribution is -2.06. The molecule has 0 spiro atoms. The van der Waals surface area contributed by atoms with Gasteiger partial charge in [-0.3, -0.25) is 15.1 Å². The van der Waals surface area contributed by atoms with Crippen LogP contribution in [-0.2, 0) is 6.18 Å². The van der Waals surface area contributed by atoms with E-state index in [1.165, 1.54) is 6.07 Å². The molecule has 172 valence electrons. The third-order valence-corrected chi connectivity index (χ3v) is 4.82. The summed E-state index contributed by atoms with van der Waals surface area (Å²) in [5.74, 6) is 0.0734. The highest BCUT2D eigenvalue weighted by molar-refractivity contribution is 5.83. The number of halogens is 3. The van der Waals surface area contributed by atoms with E-state index >= 15 is 0 Å². The number of hydrogen-bond donors (Lipinski definition) is 0. The zero-order valence-corrected chi connectivity index (χ0v) is 18.1. The molecule has 0 aliphatic carbocycles. The van der Waals surface area contributed by atoms with Crippen molar-refractivity contribution in [1.82, 2.24) is 0 Å². The van der Waals surface area contributed by atoms with Crippen molar-refractivity contribution in [3.63, 3.8) is 0 Å². The molecule has 0 bridgehead atoms. The van der Waals surface area contributed by atoms with Crippen LogP contribution in [0.1, 0.15) is 29.2 Å². The molecule has 3 aromatic carbocycles. The molecule has 0 unspecified atom stereocenters. The van der Waals surface area contributed by atoms with Gasteiger partial charge >= 0.3 is 11.9 Å². The van der Waals surface area contributed by atoms with Gasteiger partial charge in [0.2, 0.25) is 5.75 Å². The van der Waals surface area contributed by atoms with Crippen molar-refractivity contribution < 1.29 is 27.6 Å². The average Bonchev–Trinajstić information content (AvgIpc) is 2.75. The highest BCUT2D eigenvalue weighted by Crippen LogP contribution is 2.40. The van der Waals surface area contributed by atoms with Crippen molar-refractivity contribution >= 4 is 17.6 Å². The van der Waals surface area contributed by atoms with Gasteiger partial charge in [0, 0.05) is 12.3 Å². The molecule has 0 saturated carbocycles. The van der Waals surface area contributed by atoms with E-state index in [0.29, 0.717) is 11.6 Å². The summed E-state index contributed by atoms with van der Waals surface area (Å²) in [6.45, 7) is 6.04. The lowest BCUT2D eigenvalue weighted by Gasteiger charge is -2.13. The molecular formula is C24H21F3N2O4. The molecule has 0 N–H and O–H groups in total. The third kappa shape index (κ3) is 5.88. The Kier molecular flexibility index (Phi) is 7.01. The summed E-state index contributed by atoms with van der Waals surface area (Å²) >= 11 is 0. The largest absolute Gasteiger partial charge is 0.490 e. The predicted octanol–water partition coefficient (Wildman–Crippen LogP) is 7.17. The van der Waals surface area contributed by atoms with Crippen LogP contribution in [0.15, 0.2) is 59.6 Å². The summed E-state index contributed by atoms with van der Waals surface area (Å²) in [4.78, 5) is 14.9.